The number of nitrogens with one attached hydrogen (secondary N) is 1. The first-order chi connectivity index (χ1) is 14.5. The summed E-state index contributed by atoms with van der Waals surface area (Å²) in [6.45, 7) is 6.08. The van der Waals surface area contributed by atoms with Gasteiger partial charge in [-0.15, -0.1) is 5.10 Å². The van der Waals surface area contributed by atoms with Gasteiger partial charge in [-0.2, -0.15) is 4.68 Å². The minimum absolute atomic E-state index is 0.0598. The Bertz CT molecular complexity index is 1180. The molecule has 4 aromatic rings. The second-order valence-electron chi connectivity index (χ2n) is 7.37. The quantitative estimate of drug-likeness (QED) is 0.471. The summed E-state index contributed by atoms with van der Waals surface area (Å²) >= 11 is 1.32. The largest absolute Gasteiger partial charge is 0.349 e. The van der Waals surface area contributed by atoms with Crippen LogP contribution in [0.1, 0.15) is 29.7 Å². The van der Waals surface area contributed by atoms with Gasteiger partial charge in [0, 0.05) is 0 Å². The Hall–Kier alpha value is -3.19. The summed E-state index contributed by atoms with van der Waals surface area (Å²) in [6.07, 6.45) is 0. The molecule has 6 nitrogen and oxygen atoms in total. The van der Waals surface area contributed by atoms with Gasteiger partial charge in [-0.1, -0.05) is 60.3 Å². The molecule has 7 heteroatoms. The van der Waals surface area contributed by atoms with Crippen LogP contribution in [0, 0.1) is 13.8 Å². The molecule has 1 N–H and O–H groups in total. The Labute approximate surface area is 179 Å². The summed E-state index contributed by atoms with van der Waals surface area (Å²) in [4.78, 5) is 12.6. The number of carbonyl (C=O) groups is 1. The van der Waals surface area contributed by atoms with Crippen LogP contribution in [0.5, 0.6) is 0 Å². The van der Waals surface area contributed by atoms with Crippen LogP contribution in [0.4, 0.5) is 0 Å². The highest BCUT2D eigenvalue weighted by atomic mass is 32.2. The van der Waals surface area contributed by atoms with Gasteiger partial charge in [-0.25, -0.2) is 0 Å². The zero-order valence-corrected chi connectivity index (χ0v) is 18.0. The first-order valence-electron chi connectivity index (χ1n) is 9.78. The van der Waals surface area contributed by atoms with Crippen LogP contribution in [-0.4, -0.2) is 31.9 Å². The number of nitrogens with zero attached hydrogens (tertiary/aromatic N) is 4. The highest BCUT2D eigenvalue weighted by Gasteiger charge is 2.15. The number of aromatic nitrogens is 4. The topological polar surface area (TPSA) is 72.7 Å². The summed E-state index contributed by atoms with van der Waals surface area (Å²) < 4.78 is 1.67. The zero-order valence-electron chi connectivity index (χ0n) is 17.2. The van der Waals surface area contributed by atoms with Crippen LogP contribution in [0.25, 0.3) is 16.5 Å². The van der Waals surface area contributed by atoms with Gasteiger partial charge in [0.25, 0.3) is 0 Å². The number of hydrogen-bond acceptors (Lipinski definition) is 5. The minimum Gasteiger partial charge on any atom is -0.349 e. The second kappa shape index (κ2) is 8.67. The number of fused-ring (bicyclic) bond motifs is 1. The smallest absolute Gasteiger partial charge is 0.230 e. The first-order valence-corrected chi connectivity index (χ1v) is 10.8. The highest BCUT2D eigenvalue weighted by Crippen LogP contribution is 2.25. The predicted octanol–water partition coefficient (Wildman–Crippen LogP) is 4.40. The molecule has 0 spiro atoms. The molecular weight excluding hydrogens is 394 g/mol. The van der Waals surface area contributed by atoms with E-state index in [1.807, 2.05) is 51.1 Å². The Kier molecular flexibility index (Phi) is 5.81. The van der Waals surface area contributed by atoms with E-state index < -0.39 is 0 Å². The summed E-state index contributed by atoms with van der Waals surface area (Å²) in [5.41, 5.74) is 4.27. The van der Waals surface area contributed by atoms with Crippen molar-refractivity contribution in [1.82, 2.24) is 25.5 Å². The molecular formula is C23H23N5OS. The van der Waals surface area contributed by atoms with E-state index in [2.05, 4.69) is 51.2 Å². The van der Waals surface area contributed by atoms with Gasteiger partial charge in [0.05, 0.1) is 17.5 Å². The number of carbonyl (C=O) groups excluding carboxylic acids is 1. The Balaban J connectivity index is 1.44. The number of thioether (sulfide) groups is 1. The fraction of sp³-hybridized carbons (Fsp3) is 0.217. The number of rotatable bonds is 6. The maximum absolute atomic E-state index is 12.6. The monoisotopic (exact) mass is 417 g/mol. The van der Waals surface area contributed by atoms with Crippen LogP contribution >= 0.6 is 11.8 Å². The van der Waals surface area contributed by atoms with Crippen molar-refractivity contribution >= 4 is 28.4 Å². The summed E-state index contributed by atoms with van der Waals surface area (Å²) in [5, 5.41) is 18.0. The van der Waals surface area contributed by atoms with E-state index >= 15 is 0 Å². The van der Waals surface area contributed by atoms with Gasteiger partial charge < -0.3 is 5.32 Å². The van der Waals surface area contributed by atoms with Crippen molar-refractivity contribution in [2.45, 2.75) is 32.0 Å². The van der Waals surface area contributed by atoms with E-state index in [-0.39, 0.29) is 17.7 Å². The molecule has 1 atom stereocenters. The van der Waals surface area contributed by atoms with Gasteiger partial charge in [0.1, 0.15) is 0 Å². The number of tetrazole rings is 1. The Morgan fingerprint density at radius 1 is 1.07 bits per heavy atom. The van der Waals surface area contributed by atoms with Crippen molar-refractivity contribution < 1.29 is 4.79 Å². The van der Waals surface area contributed by atoms with E-state index in [1.165, 1.54) is 11.8 Å². The molecule has 0 aliphatic rings. The Morgan fingerprint density at radius 2 is 1.80 bits per heavy atom. The molecule has 0 radical (unpaired) electrons. The molecule has 30 heavy (non-hydrogen) atoms. The molecule has 1 heterocycles. The molecule has 0 unspecified atom stereocenters. The van der Waals surface area contributed by atoms with Crippen molar-refractivity contribution in [2.75, 3.05) is 5.75 Å². The number of benzene rings is 3. The second-order valence-corrected chi connectivity index (χ2v) is 8.31. The van der Waals surface area contributed by atoms with Crippen molar-refractivity contribution in [3.63, 3.8) is 0 Å². The van der Waals surface area contributed by atoms with Gasteiger partial charge in [0.15, 0.2) is 0 Å². The van der Waals surface area contributed by atoms with Gasteiger partial charge in [-0.05, 0) is 70.8 Å². The van der Waals surface area contributed by atoms with Gasteiger partial charge >= 0.3 is 0 Å². The number of amides is 1. The molecule has 1 amide bonds. The van der Waals surface area contributed by atoms with Crippen molar-refractivity contribution in [3.05, 3.63) is 77.4 Å². The number of aryl methyl sites for hydroxylation is 2. The first kappa shape index (κ1) is 20.1. The maximum Gasteiger partial charge on any atom is 0.230 e. The van der Waals surface area contributed by atoms with Gasteiger partial charge in [0.2, 0.25) is 11.1 Å². The van der Waals surface area contributed by atoms with Crippen LogP contribution in [0.2, 0.25) is 0 Å². The lowest BCUT2D eigenvalue weighted by Gasteiger charge is -2.16. The Morgan fingerprint density at radius 3 is 2.60 bits per heavy atom. The minimum atomic E-state index is -0.0976. The average Bonchev–Trinajstić information content (AvgIpc) is 3.20. The maximum atomic E-state index is 12.6. The van der Waals surface area contributed by atoms with Crippen molar-refractivity contribution in [2.24, 2.45) is 0 Å². The third kappa shape index (κ3) is 4.36. The molecule has 0 saturated heterocycles. The third-order valence-corrected chi connectivity index (χ3v) is 5.81. The number of hydrogen-bond donors (Lipinski definition) is 1. The molecule has 0 saturated carbocycles. The lowest BCUT2D eigenvalue weighted by molar-refractivity contribution is -0.119. The molecule has 0 bridgehead atoms. The average molecular weight is 418 g/mol. The molecule has 1 aromatic heterocycles. The van der Waals surface area contributed by atoms with Gasteiger partial charge in [-0.3, -0.25) is 4.79 Å². The predicted molar refractivity (Wildman–Crippen MR) is 120 cm³/mol. The van der Waals surface area contributed by atoms with E-state index in [1.54, 1.807) is 4.68 Å². The molecule has 0 aliphatic heterocycles. The summed E-state index contributed by atoms with van der Waals surface area (Å²) in [7, 11) is 0. The molecule has 0 aliphatic carbocycles. The fourth-order valence-electron chi connectivity index (χ4n) is 3.62. The molecule has 4 rings (SSSR count). The van der Waals surface area contributed by atoms with Crippen LogP contribution in [-0.2, 0) is 4.79 Å². The van der Waals surface area contributed by atoms with Crippen molar-refractivity contribution in [1.29, 1.82) is 0 Å². The SMILES string of the molecule is Cc1cc(C)cc(-n2nnnc2SCC(=O)N[C@@H](C)c2cccc3ccccc23)c1. The van der Waals surface area contributed by atoms with E-state index in [9.17, 15) is 4.79 Å². The zero-order chi connectivity index (χ0) is 21.1. The van der Waals surface area contributed by atoms with E-state index in [0.717, 1.165) is 33.2 Å². The summed E-state index contributed by atoms with van der Waals surface area (Å²) in [5.74, 6) is 0.177. The van der Waals surface area contributed by atoms with Crippen LogP contribution in [0.15, 0.2) is 65.8 Å². The lowest BCUT2D eigenvalue weighted by atomic mass is 10.00. The standard InChI is InChI=1S/C23H23N5OS/c1-15-11-16(2)13-19(12-15)28-23(25-26-27-28)30-14-22(29)24-17(3)20-10-6-8-18-7-4-5-9-21(18)20/h4-13,17H,14H2,1-3H3,(H,24,29)/t17-/m0/s1. The highest BCUT2D eigenvalue weighted by molar-refractivity contribution is 7.99. The van der Waals surface area contributed by atoms with E-state index in [0.29, 0.717) is 5.16 Å². The molecule has 0 fully saturated rings. The van der Waals surface area contributed by atoms with Crippen LogP contribution in [0.3, 0.4) is 0 Å². The van der Waals surface area contributed by atoms with E-state index in [4.69, 9.17) is 0 Å². The molecule has 3 aromatic carbocycles. The van der Waals surface area contributed by atoms with Crippen LogP contribution < -0.4 is 5.32 Å². The molecule has 152 valence electrons. The lowest BCUT2D eigenvalue weighted by Crippen LogP contribution is -2.28. The summed E-state index contributed by atoms with van der Waals surface area (Å²) in [6, 6.07) is 20.4. The fourth-order valence-corrected chi connectivity index (χ4v) is 4.32. The third-order valence-electron chi connectivity index (χ3n) is 4.89. The van der Waals surface area contributed by atoms with Crippen molar-refractivity contribution in [3.8, 4) is 5.69 Å². The normalized spacial score (nSPS) is 12.1.